The van der Waals surface area contributed by atoms with Gasteiger partial charge in [0.05, 0.1) is 17.0 Å². The molecule has 2 aromatic heterocycles. The summed E-state index contributed by atoms with van der Waals surface area (Å²) in [6, 6.07) is 18.1. The van der Waals surface area contributed by atoms with Crippen LogP contribution < -0.4 is 0 Å². The van der Waals surface area contributed by atoms with Crippen LogP contribution in [0.4, 0.5) is 13.2 Å². The third-order valence-corrected chi connectivity index (χ3v) is 4.90. The Morgan fingerprint density at radius 3 is 2.24 bits per heavy atom. The van der Waals surface area contributed by atoms with Crippen molar-refractivity contribution in [1.29, 1.82) is 0 Å². The zero-order valence-corrected chi connectivity index (χ0v) is 15.6. The molecule has 0 unspecified atom stereocenters. The largest absolute Gasteiger partial charge is 0.416 e. The van der Waals surface area contributed by atoms with Crippen LogP contribution in [0.2, 0.25) is 0 Å². The van der Waals surface area contributed by atoms with E-state index in [9.17, 15) is 13.2 Å². The summed E-state index contributed by atoms with van der Waals surface area (Å²) in [6.07, 6.45) is -4.38. The molecule has 146 valence electrons. The van der Waals surface area contributed by atoms with Crippen LogP contribution in [0.15, 0.2) is 76.3 Å². The lowest BCUT2D eigenvalue weighted by molar-refractivity contribution is -0.137. The van der Waals surface area contributed by atoms with Crippen molar-refractivity contribution in [2.45, 2.75) is 17.0 Å². The van der Waals surface area contributed by atoms with E-state index >= 15 is 0 Å². The van der Waals surface area contributed by atoms with Crippen molar-refractivity contribution in [2.24, 2.45) is 0 Å². The number of hydrogen-bond acceptors (Lipinski definition) is 6. The molecule has 0 spiro atoms. The zero-order valence-electron chi connectivity index (χ0n) is 14.8. The molecule has 0 saturated carbocycles. The molecule has 0 saturated heterocycles. The first-order chi connectivity index (χ1) is 14.0. The van der Waals surface area contributed by atoms with Gasteiger partial charge in [-0.1, -0.05) is 59.4 Å². The van der Waals surface area contributed by atoms with Gasteiger partial charge in [-0.15, -0.1) is 10.2 Å². The second-order valence-electron chi connectivity index (χ2n) is 6.00. The molecular weight excluding hydrogens is 401 g/mol. The van der Waals surface area contributed by atoms with Crippen molar-refractivity contribution in [2.75, 3.05) is 0 Å². The van der Waals surface area contributed by atoms with E-state index in [1.165, 1.54) is 23.9 Å². The molecule has 0 N–H and O–H groups in total. The fourth-order valence-electron chi connectivity index (χ4n) is 2.53. The fourth-order valence-corrected chi connectivity index (χ4v) is 3.19. The first-order valence-electron chi connectivity index (χ1n) is 8.51. The third kappa shape index (κ3) is 4.62. The van der Waals surface area contributed by atoms with Gasteiger partial charge in [0.2, 0.25) is 11.7 Å². The van der Waals surface area contributed by atoms with E-state index in [1.807, 2.05) is 42.5 Å². The van der Waals surface area contributed by atoms with E-state index in [1.54, 1.807) is 0 Å². The molecular formula is C20H13F3N4OS. The number of halogens is 3. The lowest BCUT2D eigenvalue weighted by Crippen LogP contribution is -2.04. The molecule has 0 aliphatic rings. The smallest absolute Gasteiger partial charge is 0.338 e. The average molecular weight is 414 g/mol. The molecule has 4 rings (SSSR count). The predicted octanol–water partition coefficient (Wildman–Crippen LogP) is 5.50. The Kier molecular flexibility index (Phi) is 5.30. The molecule has 0 aliphatic heterocycles. The molecule has 9 heteroatoms. The molecule has 4 aromatic rings. The fraction of sp³-hybridized carbons (Fsp3) is 0.100. The van der Waals surface area contributed by atoms with Gasteiger partial charge in [-0.05, 0) is 24.3 Å². The Hall–Kier alpha value is -3.20. The Labute approximate surface area is 168 Å². The van der Waals surface area contributed by atoms with Gasteiger partial charge in [-0.3, -0.25) is 0 Å². The topological polar surface area (TPSA) is 64.7 Å². The van der Waals surface area contributed by atoms with Crippen molar-refractivity contribution in [1.82, 2.24) is 20.3 Å². The van der Waals surface area contributed by atoms with Gasteiger partial charge in [-0.2, -0.15) is 18.2 Å². The number of hydrogen-bond donors (Lipinski definition) is 0. The van der Waals surface area contributed by atoms with E-state index in [4.69, 9.17) is 4.52 Å². The lowest BCUT2D eigenvalue weighted by Gasteiger charge is -2.05. The normalized spacial score (nSPS) is 11.6. The van der Waals surface area contributed by atoms with Crippen molar-refractivity contribution < 1.29 is 17.7 Å². The number of benzene rings is 2. The SMILES string of the molecule is FC(F)(F)c1ccc(-c2noc(CSc3ccc(-c4ccccc4)nn3)n2)cc1. The van der Waals surface area contributed by atoms with Crippen molar-refractivity contribution in [3.63, 3.8) is 0 Å². The Morgan fingerprint density at radius 1 is 0.828 bits per heavy atom. The Bertz CT molecular complexity index is 1080. The molecule has 0 bridgehead atoms. The van der Waals surface area contributed by atoms with Crippen LogP contribution >= 0.6 is 11.8 Å². The summed E-state index contributed by atoms with van der Waals surface area (Å²) in [5.41, 5.74) is 1.48. The zero-order chi connectivity index (χ0) is 20.3. The number of thioether (sulfide) groups is 1. The minimum absolute atomic E-state index is 0.236. The molecule has 2 aromatic carbocycles. The summed E-state index contributed by atoms with van der Waals surface area (Å²) in [4.78, 5) is 4.22. The van der Waals surface area contributed by atoms with E-state index in [0.29, 0.717) is 22.2 Å². The second kappa shape index (κ2) is 8.04. The van der Waals surface area contributed by atoms with Crippen LogP contribution in [-0.4, -0.2) is 20.3 Å². The highest BCUT2D eigenvalue weighted by Crippen LogP contribution is 2.30. The van der Waals surface area contributed by atoms with Crippen LogP contribution in [0.5, 0.6) is 0 Å². The molecule has 0 aliphatic carbocycles. The summed E-state index contributed by atoms with van der Waals surface area (Å²) in [5.74, 6) is 0.950. The lowest BCUT2D eigenvalue weighted by atomic mass is 10.1. The highest BCUT2D eigenvalue weighted by Gasteiger charge is 2.30. The summed E-state index contributed by atoms with van der Waals surface area (Å²) >= 11 is 1.37. The van der Waals surface area contributed by atoms with Crippen molar-refractivity contribution in [3.8, 4) is 22.6 Å². The molecule has 2 heterocycles. The molecule has 5 nitrogen and oxygen atoms in total. The monoisotopic (exact) mass is 414 g/mol. The predicted molar refractivity (Wildman–Crippen MR) is 102 cm³/mol. The summed E-state index contributed by atoms with van der Waals surface area (Å²) in [5, 5.41) is 12.9. The highest BCUT2D eigenvalue weighted by molar-refractivity contribution is 7.98. The first kappa shape index (κ1) is 19.1. The molecule has 0 radical (unpaired) electrons. The molecule has 0 atom stereocenters. The Morgan fingerprint density at radius 2 is 1.59 bits per heavy atom. The van der Waals surface area contributed by atoms with Gasteiger partial charge in [0, 0.05) is 11.1 Å². The number of nitrogens with zero attached hydrogens (tertiary/aromatic N) is 4. The number of alkyl halides is 3. The van der Waals surface area contributed by atoms with Crippen molar-refractivity contribution >= 4 is 11.8 Å². The number of aromatic nitrogens is 4. The van der Waals surface area contributed by atoms with Gasteiger partial charge >= 0.3 is 6.18 Å². The number of rotatable bonds is 5. The quantitative estimate of drug-likeness (QED) is 0.402. The second-order valence-corrected chi connectivity index (χ2v) is 6.99. The average Bonchev–Trinajstić information content (AvgIpc) is 3.22. The van der Waals surface area contributed by atoms with Crippen LogP contribution in [0.3, 0.4) is 0 Å². The Balaban J connectivity index is 1.39. The van der Waals surface area contributed by atoms with Crippen LogP contribution in [0, 0.1) is 0 Å². The standard InChI is InChI=1S/C20H13F3N4OS/c21-20(22,23)15-8-6-14(7-9-15)19-24-17(28-27-19)12-29-18-11-10-16(25-26-18)13-4-2-1-3-5-13/h1-11H,12H2. The van der Waals surface area contributed by atoms with Crippen LogP contribution in [0.25, 0.3) is 22.6 Å². The maximum atomic E-state index is 12.6. The molecule has 0 fully saturated rings. The minimum atomic E-state index is -4.38. The van der Waals surface area contributed by atoms with Gasteiger partial charge in [0.25, 0.3) is 0 Å². The summed E-state index contributed by atoms with van der Waals surface area (Å²) < 4.78 is 43.1. The van der Waals surface area contributed by atoms with E-state index in [2.05, 4.69) is 20.3 Å². The van der Waals surface area contributed by atoms with E-state index in [0.717, 1.165) is 23.4 Å². The van der Waals surface area contributed by atoms with Gasteiger partial charge in [0.15, 0.2) is 0 Å². The summed E-state index contributed by atoms with van der Waals surface area (Å²) in [7, 11) is 0. The van der Waals surface area contributed by atoms with Crippen LogP contribution in [0.1, 0.15) is 11.5 Å². The molecule has 0 amide bonds. The van der Waals surface area contributed by atoms with E-state index < -0.39 is 11.7 Å². The highest BCUT2D eigenvalue weighted by atomic mass is 32.2. The maximum absolute atomic E-state index is 12.6. The van der Waals surface area contributed by atoms with Gasteiger partial charge in [-0.25, -0.2) is 0 Å². The minimum Gasteiger partial charge on any atom is -0.338 e. The van der Waals surface area contributed by atoms with Gasteiger partial charge in [0.1, 0.15) is 5.03 Å². The van der Waals surface area contributed by atoms with Crippen LogP contribution in [-0.2, 0) is 11.9 Å². The van der Waals surface area contributed by atoms with E-state index in [-0.39, 0.29) is 5.82 Å². The molecule has 29 heavy (non-hydrogen) atoms. The summed E-state index contributed by atoms with van der Waals surface area (Å²) in [6.45, 7) is 0. The van der Waals surface area contributed by atoms with Gasteiger partial charge < -0.3 is 4.52 Å². The van der Waals surface area contributed by atoms with Crippen molar-refractivity contribution in [3.05, 3.63) is 78.2 Å². The maximum Gasteiger partial charge on any atom is 0.416 e. The third-order valence-electron chi connectivity index (χ3n) is 3.99. The first-order valence-corrected chi connectivity index (χ1v) is 9.50.